The molecule has 174 valence electrons. The average Bonchev–Trinajstić information content (AvgIpc) is 3.19. The van der Waals surface area contributed by atoms with Crippen LogP contribution in [-0.2, 0) is 18.4 Å². The molecule has 1 aliphatic heterocycles. The maximum absolute atomic E-state index is 13.6. The van der Waals surface area contributed by atoms with Crippen molar-refractivity contribution in [1.29, 1.82) is 0 Å². The molecule has 1 saturated heterocycles. The fourth-order valence-corrected chi connectivity index (χ4v) is 4.93. The largest absolute Gasteiger partial charge is 0.342 e. The van der Waals surface area contributed by atoms with E-state index in [0.29, 0.717) is 13.1 Å². The number of aryl methyl sites for hydroxylation is 1. The molecular formula is C28H29FN4O. The van der Waals surface area contributed by atoms with Gasteiger partial charge in [-0.3, -0.25) is 9.69 Å². The summed E-state index contributed by atoms with van der Waals surface area (Å²) in [6.07, 6.45) is 1.78. The van der Waals surface area contributed by atoms with Gasteiger partial charge in [-0.1, -0.05) is 54.6 Å². The van der Waals surface area contributed by atoms with Crippen LogP contribution < -0.4 is 5.32 Å². The van der Waals surface area contributed by atoms with E-state index in [1.54, 1.807) is 12.1 Å². The Hall–Kier alpha value is -3.51. The van der Waals surface area contributed by atoms with Crippen LogP contribution >= 0.6 is 0 Å². The van der Waals surface area contributed by atoms with Gasteiger partial charge in [0.2, 0.25) is 5.91 Å². The lowest BCUT2D eigenvalue weighted by atomic mass is 9.95. The number of nitrogens with one attached hydrogen (secondary N) is 1. The monoisotopic (exact) mass is 456 g/mol. The summed E-state index contributed by atoms with van der Waals surface area (Å²) in [6, 6.07) is 24.4. The first-order chi connectivity index (χ1) is 16.6. The second kappa shape index (κ2) is 9.77. The SMILES string of the molecule is Cn1c(C(NC(=O)C2CCCN(Cc3cccc(F)c3)C2)c2ccccc2)nc2ccccc21. The smallest absolute Gasteiger partial charge is 0.225 e. The molecule has 4 aromatic rings. The minimum absolute atomic E-state index is 0.0323. The Morgan fingerprint density at radius 1 is 1.09 bits per heavy atom. The molecule has 0 bridgehead atoms. The van der Waals surface area contributed by atoms with Crippen molar-refractivity contribution in [1.82, 2.24) is 19.8 Å². The summed E-state index contributed by atoms with van der Waals surface area (Å²) in [6.45, 7) is 2.22. The van der Waals surface area contributed by atoms with E-state index < -0.39 is 0 Å². The van der Waals surface area contributed by atoms with E-state index in [9.17, 15) is 9.18 Å². The molecule has 34 heavy (non-hydrogen) atoms. The number of benzene rings is 3. The molecule has 0 aliphatic carbocycles. The van der Waals surface area contributed by atoms with E-state index in [-0.39, 0.29) is 23.7 Å². The highest BCUT2D eigenvalue weighted by atomic mass is 19.1. The van der Waals surface area contributed by atoms with Gasteiger partial charge in [-0.05, 0) is 54.8 Å². The van der Waals surface area contributed by atoms with Crippen LogP contribution in [0.25, 0.3) is 11.0 Å². The second-order valence-corrected chi connectivity index (χ2v) is 9.07. The second-order valence-electron chi connectivity index (χ2n) is 9.07. The van der Waals surface area contributed by atoms with Crippen LogP contribution in [0, 0.1) is 11.7 Å². The van der Waals surface area contributed by atoms with Gasteiger partial charge in [0.15, 0.2) is 0 Å². The summed E-state index contributed by atoms with van der Waals surface area (Å²) in [4.78, 5) is 20.6. The molecule has 1 amide bonds. The van der Waals surface area contributed by atoms with Crippen LogP contribution in [0.2, 0.25) is 0 Å². The number of hydrogen-bond acceptors (Lipinski definition) is 3. The molecule has 1 fully saturated rings. The lowest BCUT2D eigenvalue weighted by Gasteiger charge is -2.33. The number of rotatable bonds is 6. The standard InChI is InChI=1S/C28H29FN4O/c1-32-25-15-6-5-14-24(25)30-27(32)26(21-10-3-2-4-11-21)31-28(34)22-12-8-16-33(19-22)18-20-9-7-13-23(29)17-20/h2-7,9-11,13-15,17,22,26H,8,12,16,18-19H2,1H3,(H,31,34). The highest BCUT2D eigenvalue weighted by Gasteiger charge is 2.30. The Morgan fingerprint density at radius 3 is 2.68 bits per heavy atom. The Bertz CT molecular complexity index is 1290. The number of carbonyl (C=O) groups is 1. The minimum atomic E-state index is -0.343. The van der Waals surface area contributed by atoms with Gasteiger partial charge in [0.25, 0.3) is 0 Å². The minimum Gasteiger partial charge on any atom is -0.342 e. The van der Waals surface area contributed by atoms with E-state index in [4.69, 9.17) is 4.98 Å². The molecule has 5 nitrogen and oxygen atoms in total. The molecule has 1 N–H and O–H groups in total. The first-order valence-electron chi connectivity index (χ1n) is 11.8. The first-order valence-corrected chi connectivity index (χ1v) is 11.8. The van der Waals surface area contributed by atoms with Crippen molar-refractivity contribution in [3.8, 4) is 0 Å². The molecular weight excluding hydrogens is 427 g/mol. The lowest BCUT2D eigenvalue weighted by molar-refractivity contribution is -0.127. The van der Waals surface area contributed by atoms with Crippen molar-refractivity contribution in [3.05, 3.63) is 102 Å². The van der Waals surface area contributed by atoms with E-state index in [1.807, 2.05) is 67.7 Å². The summed E-state index contributed by atoms with van der Waals surface area (Å²) in [5.74, 6) is 0.498. The number of likely N-dealkylation sites (tertiary alicyclic amines) is 1. The third kappa shape index (κ3) is 4.73. The predicted octanol–water partition coefficient (Wildman–Crippen LogP) is 4.83. The molecule has 0 spiro atoms. The summed E-state index contributed by atoms with van der Waals surface area (Å²) in [7, 11) is 1.99. The Kier molecular flexibility index (Phi) is 6.41. The highest BCUT2D eigenvalue weighted by Crippen LogP contribution is 2.27. The number of nitrogens with zero attached hydrogens (tertiary/aromatic N) is 3. The zero-order valence-corrected chi connectivity index (χ0v) is 19.3. The van der Waals surface area contributed by atoms with Crippen LogP contribution in [0.1, 0.15) is 35.8 Å². The van der Waals surface area contributed by atoms with Crippen LogP contribution in [0.5, 0.6) is 0 Å². The molecule has 1 aliphatic rings. The van der Waals surface area contributed by atoms with Gasteiger partial charge in [0.1, 0.15) is 17.7 Å². The molecule has 0 radical (unpaired) electrons. The maximum atomic E-state index is 13.6. The predicted molar refractivity (Wildman–Crippen MR) is 132 cm³/mol. The molecule has 2 atom stereocenters. The van der Waals surface area contributed by atoms with E-state index in [2.05, 4.69) is 14.8 Å². The zero-order valence-electron chi connectivity index (χ0n) is 19.3. The summed E-state index contributed by atoms with van der Waals surface area (Å²) < 4.78 is 15.7. The lowest BCUT2D eigenvalue weighted by Crippen LogP contribution is -2.44. The molecule has 2 heterocycles. The molecule has 3 aromatic carbocycles. The van der Waals surface area contributed by atoms with Crippen molar-refractivity contribution < 1.29 is 9.18 Å². The Labute approximate surface area is 199 Å². The van der Waals surface area contributed by atoms with E-state index in [0.717, 1.165) is 47.4 Å². The molecule has 1 aromatic heterocycles. The maximum Gasteiger partial charge on any atom is 0.225 e. The number of hydrogen-bond donors (Lipinski definition) is 1. The van der Waals surface area contributed by atoms with Crippen molar-refractivity contribution in [2.75, 3.05) is 13.1 Å². The number of aromatic nitrogens is 2. The number of para-hydroxylation sites is 2. The fraction of sp³-hybridized carbons (Fsp3) is 0.286. The van der Waals surface area contributed by atoms with Crippen LogP contribution in [0.15, 0.2) is 78.9 Å². The zero-order chi connectivity index (χ0) is 23.5. The fourth-order valence-electron chi connectivity index (χ4n) is 4.93. The number of amides is 1. The molecule has 5 rings (SSSR count). The van der Waals surface area contributed by atoms with Crippen LogP contribution in [-0.4, -0.2) is 33.4 Å². The van der Waals surface area contributed by atoms with Gasteiger partial charge >= 0.3 is 0 Å². The van der Waals surface area contributed by atoms with Crippen LogP contribution in [0.3, 0.4) is 0 Å². The normalized spacial score (nSPS) is 17.5. The first kappa shape index (κ1) is 22.3. The van der Waals surface area contributed by atoms with Crippen molar-refractivity contribution in [3.63, 3.8) is 0 Å². The Morgan fingerprint density at radius 2 is 1.88 bits per heavy atom. The van der Waals surface area contributed by atoms with Gasteiger partial charge < -0.3 is 9.88 Å². The number of carbonyl (C=O) groups excluding carboxylic acids is 1. The van der Waals surface area contributed by atoms with Crippen LogP contribution in [0.4, 0.5) is 4.39 Å². The highest BCUT2D eigenvalue weighted by molar-refractivity contribution is 5.80. The summed E-state index contributed by atoms with van der Waals surface area (Å²) >= 11 is 0. The van der Waals surface area contributed by atoms with Crippen molar-refractivity contribution in [2.24, 2.45) is 13.0 Å². The number of fused-ring (bicyclic) bond motifs is 1. The quantitative estimate of drug-likeness (QED) is 0.452. The molecule has 2 unspecified atom stereocenters. The van der Waals surface area contributed by atoms with Gasteiger partial charge in [0, 0.05) is 20.1 Å². The van der Waals surface area contributed by atoms with E-state index >= 15 is 0 Å². The third-order valence-electron chi connectivity index (χ3n) is 6.67. The number of piperidine rings is 1. The topological polar surface area (TPSA) is 50.2 Å². The summed E-state index contributed by atoms with van der Waals surface area (Å²) in [5, 5.41) is 3.31. The van der Waals surface area contributed by atoms with Gasteiger partial charge in [0.05, 0.1) is 17.0 Å². The molecule has 0 saturated carbocycles. The number of halogens is 1. The van der Waals surface area contributed by atoms with E-state index in [1.165, 1.54) is 6.07 Å². The van der Waals surface area contributed by atoms with Gasteiger partial charge in [-0.15, -0.1) is 0 Å². The average molecular weight is 457 g/mol. The van der Waals surface area contributed by atoms with Crippen molar-refractivity contribution >= 4 is 16.9 Å². The van der Waals surface area contributed by atoms with Gasteiger partial charge in [-0.2, -0.15) is 0 Å². The van der Waals surface area contributed by atoms with Crippen molar-refractivity contribution in [2.45, 2.75) is 25.4 Å². The third-order valence-corrected chi connectivity index (χ3v) is 6.67. The molecule has 6 heteroatoms. The van der Waals surface area contributed by atoms with Gasteiger partial charge in [-0.25, -0.2) is 9.37 Å². The Balaban J connectivity index is 1.37. The summed E-state index contributed by atoms with van der Waals surface area (Å²) in [5.41, 5.74) is 3.88. The number of imidazole rings is 1.